The quantitative estimate of drug-likeness (QED) is 0.854. The fraction of sp³-hybridized carbons (Fsp3) is 0.318. The first-order chi connectivity index (χ1) is 12.2. The molecule has 2 aromatic rings. The molecule has 0 bridgehead atoms. The minimum absolute atomic E-state index is 0.217. The highest BCUT2D eigenvalue weighted by Crippen LogP contribution is 2.32. The van der Waals surface area contributed by atoms with E-state index in [-0.39, 0.29) is 11.9 Å². The van der Waals surface area contributed by atoms with Crippen molar-refractivity contribution in [3.63, 3.8) is 0 Å². The van der Waals surface area contributed by atoms with Gasteiger partial charge in [0.2, 0.25) is 5.91 Å². The Kier molecular flexibility index (Phi) is 4.41. The van der Waals surface area contributed by atoms with E-state index in [1.807, 2.05) is 17.0 Å². The molecule has 128 valence electrons. The molecule has 1 amide bonds. The number of fused-ring (bicyclic) bond motifs is 1. The molecular weight excluding hydrogens is 308 g/mol. The van der Waals surface area contributed by atoms with Crippen LogP contribution in [-0.4, -0.2) is 36.5 Å². The second-order valence-corrected chi connectivity index (χ2v) is 7.03. The van der Waals surface area contributed by atoms with Crippen LogP contribution in [0.4, 0.5) is 5.69 Å². The van der Waals surface area contributed by atoms with Gasteiger partial charge in [-0.2, -0.15) is 0 Å². The predicted octanol–water partition coefficient (Wildman–Crippen LogP) is 3.75. The van der Waals surface area contributed by atoms with E-state index in [1.54, 1.807) is 0 Å². The van der Waals surface area contributed by atoms with Crippen LogP contribution in [0.5, 0.6) is 0 Å². The number of benzene rings is 2. The van der Waals surface area contributed by atoms with Crippen LogP contribution < -0.4 is 4.90 Å². The summed E-state index contributed by atoms with van der Waals surface area (Å²) in [5, 5.41) is 0. The summed E-state index contributed by atoms with van der Waals surface area (Å²) in [6, 6.07) is 19.1. The standard InChI is InChI=1S/C22H24N2O/c1-17-15-20-9-5-6-10-21(20)24(17)22(25)16-23-13-11-19(12-14-23)18-7-3-2-4-8-18/h2-11,17H,12-16H2,1H3/t17-/m0/s1. The number of rotatable bonds is 3. The van der Waals surface area contributed by atoms with Gasteiger partial charge in [-0.1, -0.05) is 54.6 Å². The summed E-state index contributed by atoms with van der Waals surface area (Å²) in [6.45, 7) is 4.43. The zero-order valence-electron chi connectivity index (χ0n) is 14.7. The summed E-state index contributed by atoms with van der Waals surface area (Å²) >= 11 is 0. The zero-order valence-corrected chi connectivity index (χ0v) is 14.7. The van der Waals surface area contributed by atoms with Gasteiger partial charge in [-0.05, 0) is 42.5 Å². The summed E-state index contributed by atoms with van der Waals surface area (Å²) < 4.78 is 0. The molecular formula is C22H24N2O. The molecule has 3 nitrogen and oxygen atoms in total. The molecule has 0 saturated heterocycles. The first kappa shape index (κ1) is 16.1. The molecule has 3 heteroatoms. The van der Waals surface area contributed by atoms with Crippen LogP contribution in [0.25, 0.3) is 5.57 Å². The van der Waals surface area contributed by atoms with E-state index in [4.69, 9.17) is 0 Å². The van der Waals surface area contributed by atoms with Crippen molar-refractivity contribution < 1.29 is 4.79 Å². The average Bonchev–Trinajstić information content (AvgIpc) is 2.99. The maximum absolute atomic E-state index is 12.9. The predicted molar refractivity (Wildman–Crippen MR) is 103 cm³/mol. The molecule has 0 unspecified atom stereocenters. The summed E-state index contributed by atoms with van der Waals surface area (Å²) in [7, 11) is 0. The molecule has 2 aromatic carbocycles. The van der Waals surface area contributed by atoms with Gasteiger partial charge >= 0.3 is 0 Å². The van der Waals surface area contributed by atoms with Crippen molar-refractivity contribution in [3.8, 4) is 0 Å². The Morgan fingerprint density at radius 2 is 1.84 bits per heavy atom. The maximum atomic E-state index is 12.9. The van der Waals surface area contributed by atoms with E-state index < -0.39 is 0 Å². The first-order valence-corrected chi connectivity index (χ1v) is 9.09. The van der Waals surface area contributed by atoms with Crippen LogP contribution in [0.3, 0.4) is 0 Å². The summed E-state index contributed by atoms with van der Waals surface area (Å²) in [5.74, 6) is 0.217. The van der Waals surface area contributed by atoms with Crippen molar-refractivity contribution >= 4 is 17.2 Å². The second-order valence-electron chi connectivity index (χ2n) is 7.03. The highest BCUT2D eigenvalue weighted by atomic mass is 16.2. The van der Waals surface area contributed by atoms with Crippen molar-refractivity contribution in [2.45, 2.75) is 25.8 Å². The van der Waals surface area contributed by atoms with Gasteiger partial charge in [0.05, 0.1) is 6.54 Å². The number of carbonyl (C=O) groups excluding carboxylic acids is 1. The number of hydrogen-bond acceptors (Lipinski definition) is 2. The lowest BCUT2D eigenvalue weighted by atomic mass is 9.99. The summed E-state index contributed by atoms with van der Waals surface area (Å²) in [6.07, 6.45) is 4.23. The Labute approximate surface area is 149 Å². The monoisotopic (exact) mass is 332 g/mol. The van der Waals surface area contributed by atoms with E-state index in [9.17, 15) is 4.79 Å². The summed E-state index contributed by atoms with van der Waals surface area (Å²) in [4.78, 5) is 17.1. The Bertz CT molecular complexity index is 797. The zero-order chi connectivity index (χ0) is 17.2. The SMILES string of the molecule is C[C@H]1Cc2ccccc2N1C(=O)CN1CC=C(c2ccccc2)CC1. The van der Waals surface area contributed by atoms with E-state index >= 15 is 0 Å². The molecule has 0 spiro atoms. The molecule has 2 aliphatic heterocycles. The number of carbonyl (C=O) groups is 1. The molecule has 25 heavy (non-hydrogen) atoms. The normalized spacial score (nSPS) is 20.3. The van der Waals surface area contributed by atoms with Gasteiger partial charge in [0.25, 0.3) is 0 Å². The van der Waals surface area contributed by atoms with Crippen molar-refractivity contribution in [2.24, 2.45) is 0 Å². The second kappa shape index (κ2) is 6.85. The molecule has 1 atom stereocenters. The van der Waals surface area contributed by atoms with E-state index in [0.717, 1.165) is 31.6 Å². The molecule has 0 radical (unpaired) electrons. The van der Waals surface area contributed by atoms with Gasteiger partial charge in [0.15, 0.2) is 0 Å². The number of amides is 1. The Morgan fingerprint density at radius 3 is 2.60 bits per heavy atom. The van der Waals surface area contributed by atoms with Crippen LogP contribution in [0.15, 0.2) is 60.7 Å². The van der Waals surface area contributed by atoms with Gasteiger partial charge < -0.3 is 4.90 Å². The highest BCUT2D eigenvalue weighted by Gasteiger charge is 2.31. The van der Waals surface area contributed by atoms with E-state index in [0.29, 0.717) is 6.54 Å². The van der Waals surface area contributed by atoms with Crippen molar-refractivity contribution in [3.05, 3.63) is 71.8 Å². The summed E-state index contributed by atoms with van der Waals surface area (Å²) in [5.41, 5.74) is 5.07. The maximum Gasteiger partial charge on any atom is 0.241 e. The third-order valence-corrected chi connectivity index (χ3v) is 5.27. The molecule has 2 aliphatic rings. The fourth-order valence-electron chi connectivity index (χ4n) is 3.98. The average molecular weight is 332 g/mol. The largest absolute Gasteiger partial charge is 0.308 e. The molecule has 0 saturated carbocycles. The molecule has 2 heterocycles. The number of hydrogen-bond donors (Lipinski definition) is 0. The minimum atomic E-state index is 0.217. The number of para-hydroxylation sites is 1. The van der Waals surface area contributed by atoms with Gasteiger partial charge in [0.1, 0.15) is 0 Å². The Balaban J connectivity index is 1.42. The fourth-order valence-corrected chi connectivity index (χ4v) is 3.98. The van der Waals surface area contributed by atoms with Crippen molar-refractivity contribution in [1.82, 2.24) is 4.90 Å². The minimum Gasteiger partial charge on any atom is -0.308 e. The van der Waals surface area contributed by atoms with Gasteiger partial charge in [-0.3, -0.25) is 9.69 Å². The number of nitrogens with zero attached hydrogens (tertiary/aromatic N) is 2. The van der Waals surface area contributed by atoms with Crippen molar-refractivity contribution in [1.29, 1.82) is 0 Å². The lowest BCUT2D eigenvalue weighted by Crippen LogP contribution is -2.44. The third kappa shape index (κ3) is 3.24. The third-order valence-electron chi connectivity index (χ3n) is 5.27. The topological polar surface area (TPSA) is 23.6 Å². The van der Waals surface area contributed by atoms with Crippen molar-refractivity contribution in [2.75, 3.05) is 24.5 Å². The molecule has 4 rings (SSSR count). The van der Waals surface area contributed by atoms with Crippen LogP contribution in [-0.2, 0) is 11.2 Å². The highest BCUT2D eigenvalue weighted by molar-refractivity contribution is 5.97. The van der Waals surface area contributed by atoms with Gasteiger partial charge in [-0.25, -0.2) is 0 Å². The first-order valence-electron chi connectivity index (χ1n) is 9.09. The molecule has 0 aromatic heterocycles. The van der Waals surface area contributed by atoms with E-state index in [1.165, 1.54) is 16.7 Å². The smallest absolute Gasteiger partial charge is 0.241 e. The van der Waals surface area contributed by atoms with Gasteiger partial charge in [0, 0.05) is 24.8 Å². The molecule has 0 fully saturated rings. The van der Waals surface area contributed by atoms with Crippen LogP contribution in [0, 0.1) is 0 Å². The molecule has 0 aliphatic carbocycles. The lowest BCUT2D eigenvalue weighted by molar-refractivity contribution is -0.119. The lowest BCUT2D eigenvalue weighted by Gasteiger charge is -2.29. The number of anilines is 1. The van der Waals surface area contributed by atoms with Crippen LogP contribution >= 0.6 is 0 Å². The Hall–Kier alpha value is -2.39. The van der Waals surface area contributed by atoms with Crippen LogP contribution in [0.2, 0.25) is 0 Å². The van der Waals surface area contributed by atoms with E-state index in [2.05, 4.69) is 60.4 Å². The molecule has 0 N–H and O–H groups in total. The Morgan fingerprint density at radius 1 is 1.08 bits per heavy atom. The van der Waals surface area contributed by atoms with Crippen LogP contribution in [0.1, 0.15) is 24.5 Å². The van der Waals surface area contributed by atoms with Gasteiger partial charge in [-0.15, -0.1) is 0 Å².